The SMILES string of the molecule is Cc1ccc2c(c1)nc(N)n2CCC(C)C. The third-order valence-corrected chi connectivity index (χ3v) is 2.86. The minimum absolute atomic E-state index is 0.626. The Morgan fingerprint density at radius 1 is 1.38 bits per heavy atom. The molecule has 0 fully saturated rings. The van der Waals surface area contributed by atoms with Gasteiger partial charge in [0.15, 0.2) is 0 Å². The van der Waals surface area contributed by atoms with E-state index < -0.39 is 0 Å². The minimum Gasteiger partial charge on any atom is -0.369 e. The fourth-order valence-electron chi connectivity index (χ4n) is 1.88. The molecule has 3 heteroatoms. The summed E-state index contributed by atoms with van der Waals surface area (Å²) in [5.74, 6) is 1.31. The van der Waals surface area contributed by atoms with E-state index in [4.69, 9.17) is 5.73 Å². The number of aryl methyl sites for hydroxylation is 2. The molecule has 0 saturated heterocycles. The first kappa shape index (κ1) is 11.0. The molecule has 0 unspecified atom stereocenters. The van der Waals surface area contributed by atoms with E-state index in [2.05, 4.69) is 48.5 Å². The number of nitrogens with two attached hydrogens (primary N) is 1. The molecule has 3 nitrogen and oxygen atoms in total. The molecule has 0 aliphatic heterocycles. The number of benzene rings is 1. The number of rotatable bonds is 3. The smallest absolute Gasteiger partial charge is 0.201 e. The van der Waals surface area contributed by atoms with Gasteiger partial charge in [-0.25, -0.2) is 4.98 Å². The number of hydrogen-bond donors (Lipinski definition) is 1. The first-order valence-electron chi connectivity index (χ1n) is 5.80. The van der Waals surface area contributed by atoms with Gasteiger partial charge in [-0.05, 0) is 37.0 Å². The highest BCUT2D eigenvalue weighted by atomic mass is 15.1. The topological polar surface area (TPSA) is 43.8 Å². The molecule has 0 bridgehead atoms. The Hall–Kier alpha value is -1.51. The fourth-order valence-corrected chi connectivity index (χ4v) is 1.88. The van der Waals surface area contributed by atoms with Gasteiger partial charge in [-0.15, -0.1) is 0 Å². The molecule has 0 radical (unpaired) electrons. The van der Waals surface area contributed by atoms with Gasteiger partial charge in [0, 0.05) is 6.54 Å². The monoisotopic (exact) mass is 217 g/mol. The Labute approximate surface area is 96.3 Å². The van der Waals surface area contributed by atoms with Gasteiger partial charge in [0.2, 0.25) is 5.95 Å². The van der Waals surface area contributed by atoms with Crippen LogP contribution in [0.1, 0.15) is 25.8 Å². The van der Waals surface area contributed by atoms with Crippen molar-refractivity contribution in [2.24, 2.45) is 5.92 Å². The van der Waals surface area contributed by atoms with E-state index >= 15 is 0 Å². The van der Waals surface area contributed by atoms with Gasteiger partial charge >= 0.3 is 0 Å². The molecular weight excluding hydrogens is 198 g/mol. The average Bonchev–Trinajstić information content (AvgIpc) is 2.50. The van der Waals surface area contributed by atoms with E-state index in [1.54, 1.807) is 0 Å². The van der Waals surface area contributed by atoms with Crippen molar-refractivity contribution in [1.82, 2.24) is 9.55 Å². The summed E-state index contributed by atoms with van der Waals surface area (Å²) in [6.07, 6.45) is 1.13. The van der Waals surface area contributed by atoms with Crippen LogP contribution in [0.2, 0.25) is 0 Å². The number of nitrogen functional groups attached to an aromatic ring is 1. The van der Waals surface area contributed by atoms with Gasteiger partial charge in [0.05, 0.1) is 11.0 Å². The lowest BCUT2D eigenvalue weighted by Crippen LogP contribution is -2.05. The summed E-state index contributed by atoms with van der Waals surface area (Å²) >= 11 is 0. The second-order valence-electron chi connectivity index (χ2n) is 4.80. The highest BCUT2D eigenvalue weighted by Gasteiger charge is 2.08. The molecule has 16 heavy (non-hydrogen) atoms. The van der Waals surface area contributed by atoms with Gasteiger partial charge in [0.25, 0.3) is 0 Å². The Balaban J connectivity index is 2.40. The Kier molecular flexibility index (Phi) is 2.86. The molecule has 0 atom stereocenters. The van der Waals surface area contributed by atoms with Crippen LogP contribution in [0.4, 0.5) is 5.95 Å². The van der Waals surface area contributed by atoms with Crippen LogP contribution in [-0.4, -0.2) is 9.55 Å². The van der Waals surface area contributed by atoms with E-state index in [-0.39, 0.29) is 0 Å². The number of nitrogens with zero attached hydrogens (tertiary/aromatic N) is 2. The summed E-state index contributed by atoms with van der Waals surface area (Å²) in [7, 11) is 0. The molecule has 2 rings (SSSR count). The van der Waals surface area contributed by atoms with Crippen molar-refractivity contribution in [3.8, 4) is 0 Å². The maximum absolute atomic E-state index is 5.94. The highest BCUT2D eigenvalue weighted by Crippen LogP contribution is 2.20. The second-order valence-corrected chi connectivity index (χ2v) is 4.80. The minimum atomic E-state index is 0.626. The van der Waals surface area contributed by atoms with Crippen molar-refractivity contribution < 1.29 is 0 Å². The zero-order valence-corrected chi connectivity index (χ0v) is 10.2. The van der Waals surface area contributed by atoms with Crippen molar-refractivity contribution in [2.45, 2.75) is 33.7 Å². The summed E-state index contributed by atoms with van der Waals surface area (Å²) in [6, 6.07) is 6.29. The van der Waals surface area contributed by atoms with Crippen LogP contribution in [0.3, 0.4) is 0 Å². The van der Waals surface area contributed by atoms with E-state index in [1.807, 2.05) is 0 Å². The number of fused-ring (bicyclic) bond motifs is 1. The number of hydrogen-bond acceptors (Lipinski definition) is 2. The zero-order valence-electron chi connectivity index (χ0n) is 10.2. The summed E-state index contributed by atoms with van der Waals surface area (Å²) in [4.78, 5) is 4.39. The summed E-state index contributed by atoms with van der Waals surface area (Å²) in [6.45, 7) is 7.46. The lowest BCUT2D eigenvalue weighted by atomic mass is 10.1. The highest BCUT2D eigenvalue weighted by molar-refractivity contribution is 5.79. The van der Waals surface area contributed by atoms with E-state index in [9.17, 15) is 0 Å². The molecule has 0 aliphatic rings. The number of aromatic nitrogens is 2. The van der Waals surface area contributed by atoms with Crippen LogP contribution in [-0.2, 0) is 6.54 Å². The van der Waals surface area contributed by atoms with Crippen LogP contribution in [0, 0.1) is 12.8 Å². The van der Waals surface area contributed by atoms with Gasteiger partial charge in [0.1, 0.15) is 0 Å². The molecule has 0 aliphatic carbocycles. The summed E-state index contributed by atoms with van der Waals surface area (Å²) in [5.41, 5.74) is 9.31. The lowest BCUT2D eigenvalue weighted by Gasteiger charge is -2.08. The summed E-state index contributed by atoms with van der Waals surface area (Å²) in [5, 5.41) is 0. The van der Waals surface area contributed by atoms with Crippen LogP contribution in [0.5, 0.6) is 0 Å². The molecule has 2 aromatic rings. The van der Waals surface area contributed by atoms with Crippen molar-refractivity contribution in [2.75, 3.05) is 5.73 Å². The molecule has 1 heterocycles. The van der Waals surface area contributed by atoms with Crippen molar-refractivity contribution in [1.29, 1.82) is 0 Å². The molecule has 0 spiro atoms. The van der Waals surface area contributed by atoms with Crippen molar-refractivity contribution >= 4 is 17.0 Å². The van der Waals surface area contributed by atoms with Crippen LogP contribution >= 0.6 is 0 Å². The average molecular weight is 217 g/mol. The molecule has 0 saturated carbocycles. The molecule has 0 amide bonds. The van der Waals surface area contributed by atoms with Crippen molar-refractivity contribution in [3.05, 3.63) is 23.8 Å². The first-order valence-corrected chi connectivity index (χ1v) is 5.80. The van der Waals surface area contributed by atoms with Gasteiger partial charge < -0.3 is 10.3 Å². The quantitative estimate of drug-likeness (QED) is 0.859. The number of anilines is 1. The fraction of sp³-hybridized carbons (Fsp3) is 0.462. The third-order valence-electron chi connectivity index (χ3n) is 2.86. The lowest BCUT2D eigenvalue weighted by molar-refractivity contribution is 0.526. The van der Waals surface area contributed by atoms with Crippen LogP contribution in [0.25, 0.3) is 11.0 Å². The molecule has 1 aromatic heterocycles. The van der Waals surface area contributed by atoms with E-state index in [0.717, 1.165) is 24.0 Å². The predicted molar refractivity (Wildman–Crippen MR) is 68.3 cm³/mol. The van der Waals surface area contributed by atoms with Gasteiger partial charge in [-0.3, -0.25) is 0 Å². The largest absolute Gasteiger partial charge is 0.369 e. The van der Waals surface area contributed by atoms with Crippen LogP contribution in [0.15, 0.2) is 18.2 Å². The van der Waals surface area contributed by atoms with E-state index in [1.165, 1.54) is 5.56 Å². The van der Waals surface area contributed by atoms with Crippen LogP contribution < -0.4 is 5.73 Å². The number of imidazole rings is 1. The van der Waals surface area contributed by atoms with Gasteiger partial charge in [-0.2, -0.15) is 0 Å². The van der Waals surface area contributed by atoms with E-state index in [0.29, 0.717) is 11.9 Å². The Bertz CT molecular complexity index is 497. The zero-order chi connectivity index (χ0) is 11.7. The standard InChI is InChI=1S/C13H19N3/c1-9(2)6-7-16-12-5-4-10(3)8-11(12)15-13(16)14/h4-5,8-9H,6-7H2,1-3H3,(H2,14,15). The normalized spacial score (nSPS) is 11.5. The second kappa shape index (κ2) is 4.16. The third kappa shape index (κ3) is 2.03. The molecule has 86 valence electrons. The first-order chi connectivity index (χ1) is 7.58. The maximum atomic E-state index is 5.94. The van der Waals surface area contributed by atoms with Crippen molar-refractivity contribution in [3.63, 3.8) is 0 Å². The maximum Gasteiger partial charge on any atom is 0.201 e. The Morgan fingerprint density at radius 2 is 2.12 bits per heavy atom. The molecule has 2 N–H and O–H groups in total. The predicted octanol–water partition coefficient (Wildman–Crippen LogP) is 2.97. The summed E-state index contributed by atoms with van der Waals surface area (Å²) < 4.78 is 2.11. The molecule has 1 aromatic carbocycles. The molecular formula is C13H19N3. The Morgan fingerprint density at radius 3 is 2.81 bits per heavy atom. The van der Waals surface area contributed by atoms with Gasteiger partial charge in [-0.1, -0.05) is 19.9 Å².